The molecule has 3 fully saturated rings. The number of rotatable bonds is 1. The van der Waals surface area contributed by atoms with E-state index >= 15 is 0 Å². The standard InChI is InChI=1S/C12H18N2O2/c1-7-9-5-8(12(9,2)3)6-10(7)14-16-11(15)13-4/h8-9H,1,5-6H2,2-4H3,(H,13,15)/b14-10-. The zero-order valence-corrected chi connectivity index (χ0v) is 10.0. The lowest BCUT2D eigenvalue weighted by molar-refractivity contribution is 0.000511. The van der Waals surface area contributed by atoms with Crippen LogP contribution in [0.5, 0.6) is 0 Å². The molecule has 16 heavy (non-hydrogen) atoms. The van der Waals surface area contributed by atoms with Crippen molar-refractivity contribution in [1.82, 2.24) is 5.32 Å². The number of hydrogen-bond donors (Lipinski definition) is 1. The Kier molecular flexibility index (Phi) is 2.52. The second-order valence-corrected chi connectivity index (χ2v) is 5.20. The Morgan fingerprint density at radius 1 is 1.62 bits per heavy atom. The molecule has 2 atom stereocenters. The Bertz CT molecular complexity index is 371. The van der Waals surface area contributed by atoms with Gasteiger partial charge in [0.05, 0.1) is 5.71 Å². The van der Waals surface area contributed by atoms with Crippen molar-refractivity contribution in [2.75, 3.05) is 7.05 Å². The van der Waals surface area contributed by atoms with Gasteiger partial charge in [0.2, 0.25) is 0 Å². The molecule has 3 saturated carbocycles. The molecule has 3 aliphatic carbocycles. The number of allylic oxidation sites excluding steroid dienone is 1. The van der Waals surface area contributed by atoms with E-state index in [0.717, 1.165) is 17.7 Å². The van der Waals surface area contributed by atoms with Crippen LogP contribution in [0.1, 0.15) is 26.7 Å². The molecule has 1 N–H and O–H groups in total. The Balaban J connectivity index is 2.06. The fourth-order valence-electron chi connectivity index (χ4n) is 2.76. The summed E-state index contributed by atoms with van der Waals surface area (Å²) in [6.45, 7) is 8.61. The highest BCUT2D eigenvalue weighted by Gasteiger charge is 2.54. The van der Waals surface area contributed by atoms with Crippen LogP contribution in [0, 0.1) is 17.3 Å². The first-order chi connectivity index (χ1) is 7.46. The summed E-state index contributed by atoms with van der Waals surface area (Å²) in [5, 5.41) is 6.25. The Morgan fingerprint density at radius 3 is 2.81 bits per heavy atom. The summed E-state index contributed by atoms with van der Waals surface area (Å²) in [5.41, 5.74) is 2.23. The summed E-state index contributed by atoms with van der Waals surface area (Å²) >= 11 is 0. The zero-order valence-electron chi connectivity index (χ0n) is 10.0. The van der Waals surface area contributed by atoms with Gasteiger partial charge in [0.15, 0.2) is 0 Å². The highest BCUT2D eigenvalue weighted by Crippen LogP contribution is 2.59. The van der Waals surface area contributed by atoms with Gasteiger partial charge in [-0.1, -0.05) is 25.6 Å². The first-order valence-corrected chi connectivity index (χ1v) is 5.61. The van der Waals surface area contributed by atoms with E-state index in [1.165, 1.54) is 13.5 Å². The molecule has 0 aliphatic heterocycles. The molecule has 0 radical (unpaired) electrons. The van der Waals surface area contributed by atoms with Gasteiger partial charge >= 0.3 is 6.09 Å². The van der Waals surface area contributed by atoms with Crippen LogP contribution in [-0.2, 0) is 4.84 Å². The predicted molar refractivity (Wildman–Crippen MR) is 62.1 cm³/mol. The number of carbonyl (C=O) groups excluding carboxylic acids is 1. The van der Waals surface area contributed by atoms with Gasteiger partial charge in [-0.2, -0.15) is 0 Å². The maximum absolute atomic E-state index is 10.9. The smallest absolute Gasteiger partial charge is 0.323 e. The monoisotopic (exact) mass is 222 g/mol. The van der Waals surface area contributed by atoms with Gasteiger partial charge in [-0.15, -0.1) is 0 Å². The van der Waals surface area contributed by atoms with E-state index in [4.69, 9.17) is 4.84 Å². The van der Waals surface area contributed by atoms with E-state index in [1.807, 2.05) is 0 Å². The predicted octanol–water partition coefficient (Wildman–Crippen LogP) is 2.32. The lowest BCUT2D eigenvalue weighted by Gasteiger charge is -2.57. The SMILES string of the molecule is C=C1/C(=N\OC(=O)NC)CC2CC1C2(C)C. The molecule has 2 bridgehead atoms. The van der Waals surface area contributed by atoms with Gasteiger partial charge in [-0.3, -0.25) is 4.84 Å². The third-order valence-corrected chi connectivity index (χ3v) is 4.14. The molecule has 88 valence electrons. The Labute approximate surface area is 95.7 Å². The first kappa shape index (κ1) is 11.2. The Morgan fingerprint density at radius 2 is 2.31 bits per heavy atom. The van der Waals surface area contributed by atoms with Gasteiger partial charge in [0.1, 0.15) is 0 Å². The number of fused-ring (bicyclic) bond motifs is 2. The normalized spacial score (nSPS) is 33.2. The first-order valence-electron chi connectivity index (χ1n) is 5.61. The van der Waals surface area contributed by atoms with E-state index < -0.39 is 6.09 Å². The average molecular weight is 222 g/mol. The second-order valence-electron chi connectivity index (χ2n) is 5.20. The summed E-state index contributed by atoms with van der Waals surface area (Å²) in [6.07, 6.45) is 1.54. The minimum absolute atomic E-state index is 0.336. The number of amides is 1. The fraction of sp³-hybridized carbons (Fsp3) is 0.667. The second kappa shape index (κ2) is 3.61. The van der Waals surface area contributed by atoms with Crippen LogP contribution in [0.15, 0.2) is 17.3 Å². The van der Waals surface area contributed by atoms with E-state index in [0.29, 0.717) is 17.3 Å². The number of hydrogen-bond acceptors (Lipinski definition) is 3. The largest absolute Gasteiger partial charge is 0.433 e. The third-order valence-electron chi connectivity index (χ3n) is 4.14. The van der Waals surface area contributed by atoms with Gasteiger partial charge in [0, 0.05) is 7.05 Å². The Hall–Kier alpha value is -1.32. The van der Waals surface area contributed by atoms with Crippen LogP contribution in [0.25, 0.3) is 0 Å². The summed E-state index contributed by atoms with van der Waals surface area (Å²) in [5.74, 6) is 1.15. The van der Waals surface area contributed by atoms with Gasteiger partial charge in [-0.25, -0.2) is 4.79 Å². The van der Waals surface area contributed by atoms with Crippen molar-refractivity contribution >= 4 is 11.8 Å². The van der Waals surface area contributed by atoms with Crippen molar-refractivity contribution in [3.8, 4) is 0 Å². The van der Waals surface area contributed by atoms with Crippen LogP contribution in [0.4, 0.5) is 4.79 Å². The topological polar surface area (TPSA) is 50.7 Å². The van der Waals surface area contributed by atoms with Crippen LogP contribution in [0.3, 0.4) is 0 Å². The van der Waals surface area contributed by atoms with Crippen molar-refractivity contribution in [2.45, 2.75) is 26.7 Å². The molecule has 3 rings (SSSR count). The minimum Gasteiger partial charge on any atom is -0.323 e. The zero-order chi connectivity index (χ0) is 11.9. The molecule has 3 aliphatic rings. The van der Waals surface area contributed by atoms with E-state index in [-0.39, 0.29) is 0 Å². The molecule has 0 aromatic rings. The summed E-state index contributed by atoms with van der Waals surface area (Å²) in [4.78, 5) is 15.6. The quantitative estimate of drug-likeness (QED) is 0.546. The lowest BCUT2D eigenvalue weighted by atomic mass is 9.47. The number of oxime groups is 1. The maximum atomic E-state index is 10.9. The summed E-state index contributed by atoms with van der Waals surface area (Å²) in [6, 6.07) is 0. The molecule has 0 saturated heterocycles. The van der Waals surface area contributed by atoms with Crippen molar-refractivity contribution in [3.63, 3.8) is 0 Å². The van der Waals surface area contributed by atoms with Gasteiger partial charge in [0.25, 0.3) is 0 Å². The average Bonchev–Trinajstić information content (AvgIpc) is 2.26. The van der Waals surface area contributed by atoms with Crippen molar-refractivity contribution < 1.29 is 9.63 Å². The number of nitrogens with one attached hydrogen (secondary N) is 1. The molecule has 2 unspecified atom stereocenters. The lowest BCUT2D eigenvalue weighted by Crippen LogP contribution is -2.52. The van der Waals surface area contributed by atoms with Gasteiger partial charge < -0.3 is 5.32 Å². The summed E-state index contributed by atoms with van der Waals surface area (Å²) < 4.78 is 0. The van der Waals surface area contributed by atoms with Crippen molar-refractivity contribution in [2.24, 2.45) is 22.4 Å². The van der Waals surface area contributed by atoms with Crippen molar-refractivity contribution in [3.05, 3.63) is 12.2 Å². The maximum Gasteiger partial charge on any atom is 0.433 e. The van der Waals surface area contributed by atoms with Crippen LogP contribution in [0.2, 0.25) is 0 Å². The third kappa shape index (κ3) is 1.52. The van der Waals surface area contributed by atoms with E-state index in [2.05, 4.69) is 30.9 Å². The van der Waals surface area contributed by atoms with E-state index in [9.17, 15) is 4.79 Å². The number of carbonyl (C=O) groups is 1. The molecule has 1 amide bonds. The highest BCUT2D eigenvalue weighted by atomic mass is 16.7. The molecule has 0 aromatic heterocycles. The molecule has 0 spiro atoms. The molecule has 4 heteroatoms. The van der Waals surface area contributed by atoms with E-state index in [1.54, 1.807) is 0 Å². The molecule has 0 heterocycles. The number of nitrogens with zero attached hydrogens (tertiary/aromatic N) is 1. The molecular formula is C12H18N2O2. The fourth-order valence-corrected chi connectivity index (χ4v) is 2.76. The highest BCUT2D eigenvalue weighted by molar-refractivity contribution is 6.02. The summed E-state index contributed by atoms with van der Waals surface area (Å²) in [7, 11) is 1.51. The molecule has 0 aromatic carbocycles. The van der Waals surface area contributed by atoms with Crippen LogP contribution in [-0.4, -0.2) is 18.9 Å². The minimum atomic E-state index is -0.529. The molecular weight excluding hydrogens is 204 g/mol. The van der Waals surface area contributed by atoms with Crippen molar-refractivity contribution in [1.29, 1.82) is 0 Å². The van der Waals surface area contributed by atoms with Crippen LogP contribution >= 0.6 is 0 Å². The van der Waals surface area contributed by atoms with Gasteiger partial charge in [-0.05, 0) is 35.7 Å². The molecule has 4 nitrogen and oxygen atoms in total. The van der Waals surface area contributed by atoms with Crippen LogP contribution < -0.4 is 5.32 Å².